The molecule has 1 aromatic carbocycles. The average molecular weight is 204 g/mol. The maximum Gasteiger partial charge on any atom is 0.0813 e. The van der Waals surface area contributed by atoms with Crippen molar-refractivity contribution in [3.8, 4) is 0 Å². The van der Waals surface area contributed by atoms with Crippen LogP contribution in [0.4, 0.5) is 0 Å². The molecule has 1 fully saturated rings. The maximum absolute atomic E-state index is 5.21. The first-order valence-corrected chi connectivity index (χ1v) is 5.77. The lowest BCUT2D eigenvalue weighted by molar-refractivity contribution is 0.397. The highest BCUT2D eigenvalue weighted by Gasteiger charge is 2.21. The molecule has 2 rings (SSSR count). The van der Waals surface area contributed by atoms with Crippen molar-refractivity contribution in [3.05, 3.63) is 35.4 Å². The molecule has 1 unspecified atom stereocenters. The van der Waals surface area contributed by atoms with Crippen LogP contribution < -0.4 is 0 Å². The first kappa shape index (κ1) is 10.7. The lowest BCUT2D eigenvalue weighted by Crippen LogP contribution is -2.10. The second-order valence-corrected chi connectivity index (χ2v) is 5.44. The van der Waals surface area contributed by atoms with Gasteiger partial charge in [0.05, 0.1) is 12.7 Å². The van der Waals surface area contributed by atoms with Crippen molar-refractivity contribution in [2.75, 3.05) is 6.61 Å². The Kier molecular flexibility index (Phi) is 2.83. The number of ether oxygens (including phenoxy) is 1. The summed E-state index contributed by atoms with van der Waals surface area (Å²) in [5.41, 5.74) is 3.10. The van der Waals surface area contributed by atoms with E-state index in [1.807, 2.05) is 0 Å². The third-order valence-corrected chi connectivity index (χ3v) is 2.98. The highest BCUT2D eigenvalue weighted by Crippen LogP contribution is 2.23. The van der Waals surface area contributed by atoms with Gasteiger partial charge >= 0.3 is 0 Å². The zero-order valence-corrected chi connectivity index (χ0v) is 9.92. The number of hydrogen-bond acceptors (Lipinski definition) is 1. The molecule has 1 saturated heterocycles. The Morgan fingerprint density at radius 1 is 1.20 bits per heavy atom. The highest BCUT2D eigenvalue weighted by atomic mass is 16.6. The molecule has 0 bridgehead atoms. The van der Waals surface area contributed by atoms with Crippen LogP contribution in [0.2, 0.25) is 0 Å². The lowest BCUT2D eigenvalue weighted by Gasteiger charge is -2.19. The minimum atomic E-state index is 0.262. The van der Waals surface area contributed by atoms with Crippen LogP contribution in [0.15, 0.2) is 24.3 Å². The molecule has 0 spiro atoms. The van der Waals surface area contributed by atoms with E-state index in [4.69, 9.17) is 4.74 Å². The Balaban J connectivity index is 1.96. The highest BCUT2D eigenvalue weighted by molar-refractivity contribution is 5.27. The van der Waals surface area contributed by atoms with Crippen molar-refractivity contribution in [2.45, 2.75) is 45.1 Å². The first-order chi connectivity index (χ1) is 7.05. The van der Waals surface area contributed by atoms with Crippen LogP contribution in [0.25, 0.3) is 0 Å². The molecule has 1 atom stereocenters. The number of benzene rings is 1. The summed E-state index contributed by atoms with van der Waals surface area (Å²) in [5.74, 6) is 0. The summed E-state index contributed by atoms with van der Waals surface area (Å²) in [6, 6.07) is 9.01. The van der Waals surface area contributed by atoms with E-state index in [1.54, 1.807) is 0 Å². The van der Waals surface area contributed by atoms with Crippen molar-refractivity contribution < 1.29 is 4.74 Å². The van der Waals surface area contributed by atoms with Gasteiger partial charge in [0.25, 0.3) is 0 Å². The average Bonchev–Trinajstić information content (AvgIpc) is 2.97. The van der Waals surface area contributed by atoms with Crippen LogP contribution >= 0.6 is 0 Å². The van der Waals surface area contributed by atoms with E-state index >= 15 is 0 Å². The quantitative estimate of drug-likeness (QED) is 0.688. The lowest BCUT2D eigenvalue weighted by atomic mass is 9.86. The standard InChI is InChI=1S/C14H20O/c1-14(2,3)12-7-4-11(5-8-12)6-9-13-10-15-13/h4-5,7-8,13H,6,9-10H2,1-3H3. The summed E-state index contributed by atoms with van der Waals surface area (Å²) in [5, 5.41) is 0. The normalized spacial score (nSPS) is 20.3. The molecular weight excluding hydrogens is 184 g/mol. The summed E-state index contributed by atoms with van der Waals surface area (Å²) >= 11 is 0. The van der Waals surface area contributed by atoms with Crippen molar-refractivity contribution in [3.63, 3.8) is 0 Å². The Morgan fingerprint density at radius 2 is 1.80 bits per heavy atom. The largest absolute Gasteiger partial charge is 0.373 e. The van der Waals surface area contributed by atoms with Gasteiger partial charge in [0.1, 0.15) is 0 Å². The molecule has 0 radical (unpaired) electrons. The molecule has 15 heavy (non-hydrogen) atoms. The minimum absolute atomic E-state index is 0.262. The van der Waals surface area contributed by atoms with Crippen molar-refractivity contribution in [1.82, 2.24) is 0 Å². The molecule has 1 aliphatic heterocycles. The number of epoxide rings is 1. The van der Waals surface area contributed by atoms with Crippen LogP contribution in [0.3, 0.4) is 0 Å². The molecule has 1 aromatic rings. The summed E-state index contributed by atoms with van der Waals surface area (Å²) in [6.45, 7) is 7.72. The second-order valence-electron chi connectivity index (χ2n) is 5.44. The fraction of sp³-hybridized carbons (Fsp3) is 0.571. The van der Waals surface area contributed by atoms with Gasteiger partial charge in [0.2, 0.25) is 0 Å². The number of aryl methyl sites for hydroxylation is 1. The molecular formula is C14H20O. The fourth-order valence-corrected chi connectivity index (χ4v) is 1.73. The molecule has 0 N–H and O–H groups in total. The van der Waals surface area contributed by atoms with Gasteiger partial charge in [0, 0.05) is 0 Å². The molecule has 1 heteroatoms. The third kappa shape index (κ3) is 3.07. The summed E-state index contributed by atoms with van der Waals surface area (Å²) in [7, 11) is 0. The Hall–Kier alpha value is -0.820. The molecule has 0 amide bonds. The Morgan fingerprint density at radius 3 is 2.27 bits per heavy atom. The van der Waals surface area contributed by atoms with Gasteiger partial charge in [-0.05, 0) is 29.4 Å². The van der Waals surface area contributed by atoms with Crippen LogP contribution in [0.5, 0.6) is 0 Å². The first-order valence-electron chi connectivity index (χ1n) is 5.77. The van der Waals surface area contributed by atoms with E-state index in [0.29, 0.717) is 6.10 Å². The fourth-order valence-electron chi connectivity index (χ4n) is 1.73. The predicted octanol–water partition coefficient (Wildman–Crippen LogP) is 3.32. The van der Waals surface area contributed by atoms with Gasteiger partial charge < -0.3 is 4.74 Å². The Bertz CT molecular complexity index is 314. The van der Waals surface area contributed by atoms with Gasteiger partial charge in [-0.15, -0.1) is 0 Å². The van der Waals surface area contributed by atoms with E-state index in [2.05, 4.69) is 45.0 Å². The molecule has 1 nitrogen and oxygen atoms in total. The van der Waals surface area contributed by atoms with Gasteiger partial charge in [-0.3, -0.25) is 0 Å². The van der Waals surface area contributed by atoms with E-state index in [0.717, 1.165) is 13.0 Å². The topological polar surface area (TPSA) is 12.5 Å². The third-order valence-electron chi connectivity index (χ3n) is 2.98. The SMILES string of the molecule is CC(C)(C)c1ccc(CCC2CO2)cc1. The van der Waals surface area contributed by atoms with Gasteiger partial charge in [-0.1, -0.05) is 45.0 Å². The number of rotatable bonds is 3. The van der Waals surface area contributed by atoms with Crippen molar-refractivity contribution in [1.29, 1.82) is 0 Å². The molecule has 0 aromatic heterocycles. The van der Waals surface area contributed by atoms with Gasteiger partial charge in [0.15, 0.2) is 0 Å². The Labute approximate surface area is 92.5 Å². The molecule has 1 heterocycles. The monoisotopic (exact) mass is 204 g/mol. The van der Waals surface area contributed by atoms with Gasteiger partial charge in [-0.25, -0.2) is 0 Å². The zero-order chi connectivity index (χ0) is 10.9. The van der Waals surface area contributed by atoms with E-state index in [9.17, 15) is 0 Å². The molecule has 0 saturated carbocycles. The molecule has 1 aliphatic rings. The zero-order valence-electron chi connectivity index (χ0n) is 9.92. The van der Waals surface area contributed by atoms with Crippen LogP contribution in [0.1, 0.15) is 38.3 Å². The summed E-state index contributed by atoms with van der Waals surface area (Å²) in [6.07, 6.45) is 2.87. The van der Waals surface area contributed by atoms with Crippen LogP contribution in [-0.4, -0.2) is 12.7 Å². The van der Waals surface area contributed by atoms with Crippen molar-refractivity contribution >= 4 is 0 Å². The predicted molar refractivity (Wildman–Crippen MR) is 63.2 cm³/mol. The maximum atomic E-state index is 5.21. The number of hydrogen-bond donors (Lipinski definition) is 0. The second kappa shape index (κ2) is 3.97. The van der Waals surface area contributed by atoms with Gasteiger partial charge in [-0.2, -0.15) is 0 Å². The van der Waals surface area contributed by atoms with Crippen LogP contribution in [-0.2, 0) is 16.6 Å². The minimum Gasteiger partial charge on any atom is -0.373 e. The summed E-state index contributed by atoms with van der Waals surface area (Å²) in [4.78, 5) is 0. The molecule has 82 valence electrons. The smallest absolute Gasteiger partial charge is 0.0813 e. The molecule has 0 aliphatic carbocycles. The van der Waals surface area contributed by atoms with E-state index < -0.39 is 0 Å². The van der Waals surface area contributed by atoms with Crippen LogP contribution in [0, 0.1) is 0 Å². The van der Waals surface area contributed by atoms with E-state index in [-0.39, 0.29) is 5.41 Å². The van der Waals surface area contributed by atoms with Crippen molar-refractivity contribution in [2.24, 2.45) is 0 Å². The van der Waals surface area contributed by atoms with E-state index in [1.165, 1.54) is 17.5 Å². The summed E-state index contributed by atoms with van der Waals surface area (Å²) < 4.78 is 5.21.